The molecule has 0 amide bonds. The smallest absolute Gasteiger partial charge is 0.325 e. The molecule has 2 atom stereocenters. The van der Waals surface area contributed by atoms with Gasteiger partial charge in [-0.1, -0.05) is 30.3 Å². The number of hydrogen-bond acceptors (Lipinski definition) is 5. The van der Waals surface area contributed by atoms with Crippen molar-refractivity contribution in [1.82, 2.24) is 5.09 Å². The molecule has 0 aromatic heterocycles. The number of aliphatic carboxylic acids is 1. The summed E-state index contributed by atoms with van der Waals surface area (Å²) in [6.45, 7) is 0. The van der Waals surface area contributed by atoms with Crippen LogP contribution in [0.1, 0.15) is 17.2 Å². The van der Waals surface area contributed by atoms with Gasteiger partial charge in [0, 0.05) is 5.56 Å². The van der Waals surface area contributed by atoms with E-state index in [0.29, 0.717) is 11.3 Å². The Morgan fingerprint density at radius 2 is 1.67 bits per heavy atom. The van der Waals surface area contributed by atoms with E-state index < -0.39 is 19.5 Å². The summed E-state index contributed by atoms with van der Waals surface area (Å²) in [7, 11) is 0.153. The van der Waals surface area contributed by atoms with Gasteiger partial charge in [-0.2, -0.15) is 0 Å². The van der Waals surface area contributed by atoms with Crippen LogP contribution in [0.15, 0.2) is 42.5 Å². The van der Waals surface area contributed by atoms with Crippen LogP contribution in [0.3, 0.4) is 0 Å². The van der Waals surface area contributed by atoms with Crippen LogP contribution in [0.4, 0.5) is 0 Å². The van der Waals surface area contributed by atoms with E-state index >= 15 is 0 Å². The Morgan fingerprint density at radius 3 is 2.19 bits per heavy atom. The topological polar surface area (TPSA) is 114 Å². The highest BCUT2D eigenvalue weighted by Gasteiger charge is 2.33. The van der Waals surface area contributed by atoms with Crippen LogP contribution in [0.25, 0.3) is 0 Å². The third kappa shape index (κ3) is 5.01. The Bertz CT molecular complexity index is 841. The van der Waals surface area contributed by atoms with Gasteiger partial charge in [-0.25, -0.2) is 5.09 Å². The van der Waals surface area contributed by atoms with E-state index in [1.807, 2.05) is 0 Å². The van der Waals surface area contributed by atoms with Gasteiger partial charge in [0.1, 0.15) is 6.04 Å². The SMILES string of the molecule is COc1ccc(C(NP(=O)(O)Cc2ccccc2)C(=O)O)c(OC)c1OC. The van der Waals surface area contributed by atoms with E-state index in [9.17, 15) is 19.4 Å². The Labute approximate surface area is 157 Å². The number of carboxylic acids is 1. The molecular weight excluding hydrogens is 373 g/mol. The van der Waals surface area contributed by atoms with Crippen molar-refractivity contribution in [2.24, 2.45) is 0 Å². The number of carboxylic acid groups (broad SMARTS) is 1. The minimum absolute atomic E-state index is 0.108. The predicted molar refractivity (Wildman–Crippen MR) is 99.6 cm³/mol. The normalized spacial score (nSPS) is 14.1. The molecule has 2 unspecified atom stereocenters. The zero-order valence-corrected chi connectivity index (χ0v) is 16.1. The van der Waals surface area contributed by atoms with Gasteiger partial charge in [0.05, 0.1) is 27.5 Å². The lowest BCUT2D eigenvalue weighted by Gasteiger charge is -2.23. The summed E-state index contributed by atoms with van der Waals surface area (Å²) in [5.41, 5.74) is 0.754. The van der Waals surface area contributed by atoms with Gasteiger partial charge in [-0.15, -0.1) is 0 Å². The molecular formula is C18H22NO7P. The predicted octanol–water partition coefficient (Wildman–Crippen LogP) is 2.81. The van der Waals surface area contributed by atoms with Crippen LogP contribution < -0.4 is 19.3 Å². The maximum Gasteiger partial charge on any atom is 0.325 e. The Kier molecular flexibility index (Phi) is 6.85. The molecule has 0 spiro atoms. The minimum Gasteiger partial charge on any atom is -0.493 e. The van der Waals surface area contributed by atoms with Crippen LogP contribution >= 0.6 is 7.52 Å². The van der Waals surface area contributed by atoms with E-state index in [1.165, 1.54) is 33.5 Å². The van der Waals surface area contributed by atoms with Crippen molar-refractivity contribution in [3.8, 4) is 17.2 Å². The lowest BCUT2D eigenvalue weighted by molar-refractivity contribution is -0.139. The molecule has 27 heavy (non-hydrogen) atoms. The molecule has 2 aromatic rings. The molecule has 0 bridgehead atoms. The van der Waals surface area contributed by atoms with Crippen molar-refractivity contribution < 1.29 is 33.6 Å². The van der Waals surface area contributed by atoms with Gasteiger partial charge in [-0.05, 0) is 17.7 Å². The van der Waals surface area contributed by atoms with Crippen molar-refractivity contribution in [3.05, 3.63) is 53.6 Å². The fourth-order valence-corrected chi connectivity index (χ4v) is 4.14. The highest BCUT2D eigenvalue weighted by Crippen LogP contribution is 2.47. The highest BCUT2D eigenvalue weighted by atomic mass is 31.2. The maximum absolute atomic E-state index is 12.6. The Balaban J connectivity index is 2.40. The molecule has 0 aliphatic carbocycles. The van der Waals surface area contributed by atoms with Crippen LogP contribution in [-0.2, 0) is 15.5 Å². The molecule has 9 heteroatoms. The number of ether oxygens (including phenoxy) is 3. The minimum atomic E-state index is -4.02. The van der Waals surface area contributed by atoms with Crippen molar-refractivity contribution in [3.63, 3.8) is 0 Å². The second-order valence-corrected chi connectivity index (χ2v) is 7.65. The third-order valence-corrected chi connectivity index (χ3v) is 5.32. The molecule has 0 fully saturated rings. The lowest BCUT2D eigenvalue weighted by atomic mass is 10.1. The summed E-state index contributed by atoms with van der Waals surface area (Å²) in [5.74, 6) is -0.681. The molecule has 0 aliphatic rings. The summed E-state index contributed by atoms with van der Waals surface area (Å²) in [5, 5.41) is 12.0. The fraction of sp³-hybridized carbons (Fsp3) is 0.278. The first-order valence-electron chi connectivity index (χ1n) is 7.98. The molecule has 146 valence electrons. The van der Waals surface area contributed by atoms with Crippen LogP contribution in [0, 0.1) is 0 Å². The van der Waals surface area contributed by atoms with Crippen molar-refractivity contribution in [2.45, 2.75) is 12.2 Å². The van der Waals surface area contributed by atoms with E-state index in [-0.39, 0.29) is 23.2 Å². The number of nitrogens with one attached hydrogen (secondary N) is 1. The second kappa shape index (κ2) is 8.90. The third-order valence-electron chi connectivity index (χ3n) is 3.86. The van der Waals surface area contributed by atoms with E-state index in [2.05, 4.69) is 5.09 Å². The Hall–Kier alpha value is -2.54. The number of methoxy groups -OCH3 is 3. The average Bonchev–Trinajstić information content (AvgIpc) is 2.65. The van der Waals surface area contributed by atoms with Gasteiger partial charge in [-0.3, -0.25) is 9.36 Å². The molecule has 0 aliphatic heterocycles. The van der Waals surface area contributed by atoms with Crippen LogP contribution in [-0.4, -0.2) is 37.3 Å². The number of rotatable bonds is 9. The molecule has 2 aromatic carbocycles. The molecule has 0 saturated heterocycles. The van der Waals surface area contributed by atoms with Crippen molar-refractivity contribution in [2.75, 3.05) is 21.3 Å². The standard InChI is InChI=1S/C18H22NO7P/c1-24-14-10-9-13(16(25-2)17(14)26-3)15(18(20)21)19-27(22,23)11-12-7-5-4-6-8-12/h4-10,15H,11H2,1-3H3,(H,20,21)(H2,19,22,23). The maximum atomic E-state index is 12.6. The number of hydrogen-bond donors (Lipinski definition) is 3. The summed E-state index contributed by atoms with van der Waals surface area (Å²) < 4.78 is 28.4. The lowest BCUT2D eigenvalue weighted by Crippen LogP contribution is -2.27. The first kappa shape index (κ1) is 20.8. The zero-order valence-electron chi connectivity index (χ0n) is 15.2. The number of benzene rings is 2. The molecule has 2 rings (SSSR count). The molecule has 0 saturated carbocycles. The molecule has 3 N–H and O–H groups in total. The fourth-order valence-electron chi connectivity index (χ4n) is 2.69. The average molecular weight is 395 g/mol. The van der Waals surface area contributed by atoms with E-state index in [0.717, 1.165) is 0 Å². The van der Waals surface area contributed by atoms with Crippen molar-refractivity contribution in [1.29, 1.82) is 0 Å². The van der Waals surface area contributed by atoms with Gasteiger partial charge >= 0.3 is 5.97 Å². The van der Waals surface area contributed by atoms with E-state index in [1.54, 1.807) is 30.3 Å². The summed E-state index contributed by atoms with van der Waals surface area (Å²) in [6.07, 6.45) is -0.215. The largest absolute Gasteiger partial charge is 0.493 e. The first-order valence-corrected chi connectivity index (χ1v) is 9.82. The van der Waals surface area contributed by atoms with Crippen LogP contribution in [0.5, 0.6) is 17.2 Å². The quantitative estimate of drug-likeness (QED) is 0.556. The molecule has 8 nitrogen and oxygen atoms in total. The summed E-state index contributed by atoms with van der Waals surface area (Å²) in [4.78, 5) is 22.2. The van der Waals surface area contributed by atoms with Crippen molar-refractivity contribution >= 4 is 13.5 Å². The van der Waals surface area contributed by atoms with E-state index in [4.69, 9.17) is 14.2 Å². The molecule has 0 heterocycles. The Morgan fingerprint density at radius 1 is 1.04 bits per heavy atom. The number of carbonyl (C=O) groups is 1. The first-order chi connectivity index (χ1) is 12.8. The summed E-state index contributed by atoms with van der Waals surface area (Å²) >= 11 is 0. The zero-order chi connectivity index (χ0) is 20.0. The van der Waals surface area contributed by atoms with Gasteiger partial charge in [0.15, 0.2) is 11.5 Å². The monoisotopic (exact) mass is 395 g/mol. The summed E-state index contributed by atoms with van der Waals surface area (Å²) in [6, 6.07) is 10.1. The van der Waals surface area contributed by atoms with Gasteiger partial charge < -0.3 is 24.2 Å². The van der Waals surface area contributed by atoms with Gasteiger partial charge in [0.2, 0.25) is 5.75 Å². The highest BCUT2D eigenvalue weighted by molar-refractivity contribution is 7.55. The molecule has 0 radical (unpaired) electrons. The van der Waals surface area contributed by atoms with Crippen LogP contribution in [0.2, 0.25) is 0 Å². The van der Waals surface area contributed by atoms with Gasteiger partial charge in [0.25, 0.3) is 7.52 Å². The second-order valence-electron chi connectivity index (χ2n) is 5.67.